The number of halogens is 1. The van der Waals surface area contributed by atoms with Gasteiger partial charge in [0.15, 0.2) is 0 Å². The lowest BCUT2D eigenvalue weighted by molar-refractivity contribution is 0.164. The van der Waals surface area contributed by atoms with Crippen LogP contribution in [0.3, 0.4) is 0 Å². The summed E-state index contributed by atoms with van der Waals surface area (Å²) in [6.45, 7) is 2.02. The van der Waals surface area contributed by atoms with E-state index in [1.165, 1.54) is 12.8 Å². The number of alkyl halides is 1. The van der Waals surface area contributed by atoms with Crippen molar-refractivity contribution >= 4 is 11.6 Å². The second-order valence-electron chi connectivity index (χ2n) is 4.28. The van der Waals surface area contributed by atoms with Gasteiger partial charge in [-0.1, -0.05) is 0 Å². The van der Waals surface area contributed by atoms with E-state index in [4.69, 9.17) is 16.3 Å². The highest BCUT2D eigenvalue weighted by atomic mass is 35.5. The first-order chi connectivity index (χ1) is 5.36. The molecule has 0 N–H and O–H groups in total. The topological polar surface area (TPSA) is 9.23 Å². The van der Waals surface area contributed by atoms with Gasteiger partial charge in [0.2, 0.25) is 0 Å². The molecule has 0 aromatic carbocycles. The second-order valence-corrected chi connectivity index (χ2v) is 4.84. The van der Waals surface area contributed by atoms with Crippen LogP contribution in [0.25, 0.3) is 0 Å². The average Bonchev–Trinajstić information content (AvgIpc) is 2.52. The molecule has 2 heteroatoms. The first kappa shape index (κ1) is 6.73. The van der Waals surface area contributed by atoms with Gasteiger partial charge in [0, 0.05) is 5.38 Å². The minimum Gasteiger partial charge on any atom is -0.381 e. The summed E-state index contributed by atoms with van der Waals surface area (Å²) in [5, 5.41) is 0.475. The van der Waals surface area contributed by atoms with Gasteiger partial charge in [-0.3, -0.25) is 0 Å². The normalized spacial score (nSPS) is 60.3. The molecule has 0 unspecified atom stereocenters. The molecule has 2 bridgehead atoms. The van der Waals surface area contributed by atoms with Crippen molar-refractivity contribution in [2.45, 2.75) is 18.2 Å². The van der Waals surface area contributed by atoms with Crippen LogP contribution in [0.4, 0.5) is 0 Å². The van der Waals surface area contributed by atoms with Crippen LogP contribution >= 0.6 is 11.6 Å². The highest BCUT2D eigenvalue weighted by Crippen LogP contribution is 2.56. The maximum atomic E-state index is 6.22. The standard InChI is InChI=1S/C9H13ClO/c10-9-2-5-1-6(9)8-4-11-3-7(5)8/h5-9H,1-4H2/t5-,6+,7-,8-,9+/m1/s1. The van der Waals surface area contributed by atoms with Crippen LogP contribution in [0.2, 0.25) is 0 Å². The van der Waals surface area contributed by atoms with Gasteiger partial charge in [0.25, 0.3) is 0 Å². The van der Waals surface area contributed by atoms with Gasteiger partial charge in [0.1, 0.15) is 0 Å². The fourth-order valence-electron chi connectivity index (χ4n) is 3.36. The Labute approximate surface area is 72.1 Å². The van der Waals surface area contributed by atoms with E-state index in [2.05, 4.69) is 0 Å². The van der Waals surface area contributed by atoms with Crippen molar-refractivity contribution in [2.24, 2.45) is 23.7 Å². The Morgan fingerprint density at radius 3 is 2.73 bits per heavy atom. The third-order valence-corrected chi connectivity index (χ3v) is 4.40. The van der Waals surface area contributed by atoms with Crippen molar-refractivity contribution in [3.63, 3.8) is 0 Å². The summed E-state index contributed by atoms with van der Waals surface area (Å²) in [7, 11) is 0. The summed E-state index contributed by atoms with van der Waals surface area (Å²) in [5.41, 5.74) is 0. The lowest BCUT2D eigenvalue weighted by Gasteiger charge is -2.25. The van der Waals surface area contributed by atoms with E-state index in [-0.39, 0.29) is 0 Å². The second kappa shape index (κ2) is 2.14. The first-order valence-electron chi connectivity index (χ1n) is 4.58. The number of hydrogen-bond acceptors (Lipinski definition) is 1. The highest BCUT2D eigenvalue weighted by Gasteiger charge is 2.54. The van der Waals surface area contributed by atoms with E-state index in [1.54, 1.807) is 0 Å². The van der Waals surface area contributed by atoms with Crippen LogP contribution in [-0.2, 0) is 4.74 Å². The molecule has 0 aromatic rings. The minimum atomic E-state index is 0.475. The van der Waals surface area contributed by atoms with Crippen LogP contribution in [0, 0.1) is 23.7 Å². The molecule has 1 nitrogen and oxygen atoms in total. The van der Waals surface area contributed by atoms with E-state index >= 15 is 0 Å². The Morgan fingerprint density at radius 2 is 1.82 bits per heavy atom. The Balaban J connectivity index is 1.90. The molecular formula is C9H13ClO. The van der Waals surface area contributed by atoms with Gasteiger partial charge in [0.05, 0.1) is 13.2 Å². The molecule has 2 aliphatic carbocycles. The lowest BCUT2D eigenvalue weighted by atomic mass is 9.82. The lowest BCUT2D eigenvalue weighted by Crippen LogP contribution is -2.27. The minimum absolute atomic E-state index is 0.475. The molecule has 3 fully saturated rings. The third kappa shape index (κ3) is 0.762. The molecule has 5 atom stereocenters. The Morgan fingerprint density at radius 1 is 1.00 bits per heavy atom. The zero-order valence-corrected chi connectivity index (χ0v) is 7.26. The largest absolute Gasteiger partial charge is 0.381 e. The number of fused-ring (bicyclic) bond motifs is 5. The Bertz CT molecular complexity index is 182. The molecule has 1 saturated heterocycles. The molecule has 0 aromatic heterocycles. The quantitative estimate of drug-likeness (QED) is 0.508. The first-order valence-corrected chi connectivity index (χ1v) is 5.01. The molecule has 3 rings (SSSR count). The van der Waals surface area contributed by atoms with E-state index in [1.807, 2.05) is 0 Å². The van der Waals surface area contributed by atoms with Gasteiger partial charge in [-0.15, -0.1) is 11.6 Å². The van der Waals surface area contributed by atoms with Gasteiger partial charge < -0.3 is 4.74 Å². The summed E-state index contributed by atoms with van der Waals surface area (Å²) in [5.74, 6) is 3.43. The maximum Gasteiger partial charge on any atom is 0.0501 e. The predicted octanol–water partition coefficient (Wildman–Crippen LogP) is 1.90. The third-order valence-electron chi connectivity index (χ3n) is 3.89. The summed E-state index contributed by atoms with van der Waals surface area (Å²) in [6.07, 6.45) is 2.66. The van der Waals surface area contributed by atoms with Gasteiger partial charge in [-0.25, -0.2) is 0 Å². The van der Waals surface area contributed by atoms with Crippen molar-refractivity contribution in [1.29, 1.82) is 0 Å². The summed E-state index contributed by atoms with van der Waals surface area (Å²) < 4.78 is 5.48. The van der Waals surface area contributed by atoms with Crippen molar-refractivity contribution < 1.29 is 4.74 Å². The number of ether oxygens (including phenoxy) is 1. The predicted molar refractivity (Wildman–Crippen MR) is 43.7 cm³/mol. The van der Waals surface area contributed by atoms with Crippen molar-refractivity contribution in [3.05, 3.63) is 0 Å². The Hall–Kier alpha value is 0.250. The van der Waals surface area contributed by atoms with Crippen LogP contribution < -0.4 is 0 Å². The summed E-state index contributed by atoms with van der Waals surface area (Å²) in [6, 6.07) is 0. The maximum absolute atomic E-state index is 6.22. The molecule has 0 spiro atoms. The average molecular weight is 173 g/mol. The zero-order valence-electron chi connectivity index (χ0n) is 6.50. The fraction of sp³-hybridized carbons (Fsp3) is 1.00. The molecule has 62 valence electrons. The monoisotopic (exact) mass is 172 g/mol. The SMILES string of the molecule is Cl[C@H]1C[C@H]2C[C@H]1[C@H]1COC[C@H]21. The highest BCUT2D eigenvalue weighted by molar-refractivity contribution is 6.21. The smallest absolute Gasteiger partial charge is 0.0501 e. The van der Waals surface area contributed by atoms with Crippen LogP contribution in [0.1, 0.15) is 12.8 Å². The fourth-order valence-corrected chi connectivity index (χ4v) is 3.88. The molecule has 2 saturated carbocycles. The van der Waals surface area contributed by atoms with Crippen molar-refractivity contribution in [3.8, 4) is 0 Å². The molecule has 1 heterocycles. The summed E-state index contributed by atoms with van der Waals surface area (Å²) in [4.78, 5) is 0. The van der Waals surface area contributed by atoms with Crippen LogP contribution in [0.15, 0.2) is 0 Å². The van der Waals surface area contributed by atoms with E-state index in [9.17, 15) is 0 Å². The van der Waals surface area contributed by atoms with Crippen molar-refractivity contribution in [1.82, 2.24) is 0 Å². The van der Waals surface area contributed by atoms with Crippen molar-refractivity contribution in [2.75, 3.05) is 13.2 Å². The number of hydrogen-bond donors (Lipinski definition) is 0. The Kier molecular flexibility index (Phi) is 1.31. The summed E-state index contributed by atoms with van der Waals surface area (Å²) >= 11 is 6.22. The zero-order chi connectivity index (χ0) is 7.42. The van der Waals surface area contributed by atoms with Gasteiger partial charge in [-0.05, 0) is 36.5 Å². The molecule has 1 aliphatic heterocycles. The molecular weight excluding hydrogens is 160 g/mol. The van der Waals surface area contributed by atoms with Crippen LogP contribution in [0.5, 0.6) is 0 Å². The molecule has 0 amide bonds. The van der Waals surface area contributed by atoms with Crippen LogP contribution in [-0.4, -0.2) is 18.6 Å². The molecule has 0 radical (unpaired) electrons. The molecule has 11 heavy (non-hydrogen) atoms. The van der Waals surface area contributed by atoms with Gasteiger partial charge in [-0.2, -0.15) is 0 Å². The van der Waals surface area contributed by atoms with Gasteiger partial charge >= 0.3 is 0 Å². The number of rotatable bonds is 0. The van der Waals surface area contributed by atoms with E-state index in [0.29, 0.717) is 5.38 Å². The molecule has 3 aliphatic rings. The van der Waals surface area contributed by atoms with E-state index in [0.717, 1.165) is 36.9 Å². The van der Waals surface area contributed by atoms with E-state index < -0.39 is 0 Å².